The van der Waals surface area contributed by atoms with Gasteiger partial charge in [0.1, 0.15) is 11.9 Å². The molecule has 3 fully saturated rings. The van der Waals surface area contributed by atoms with E-state index in [1.807, 2.05) is 0 Å². The summed E-state index contributed by atoms with van der Waals surface area (Å²) in [5.41, 5.74) is -2.72. The van der Waals surface area contributed by atoms with E-state index in [2.05, 4.69) is 15.6 Å². The van der Waals surface area contributed by atoms with E-state index in [4.69, 9.17) is 9.47 Å². The minimum Gasteiger partial charge on any atom is -0.493 e. The van der Waals surface area contributed by atoms with Gasteiger partial charge in [-0.15, -0.1) is 0 Å². The molecule has 204 valence electrons. The molecule has 3 aliphatic heterocycles. The summed E-state index contributed by atoms with van der Waals surface area (Å²) in [4.78, 5) is 31.7. The molecule has 1 aromatic heterocycles. The van der Waals surface area contributed by atoms with E-state index < -0.39 is 53.0 Å². The number of rotatable bonds is 5. The molecule has 2 N–H and O–H groups in total. The molecule has 0 aliphatic carbocycles. The van der Waals surface area contributed by atoms with E-state index in [0.29, 0.717) is 18.8 Å². The molecule has 1 aromatic carbocycles. The van der Waals surface area contributed by atoms with Crippen molar-refractivity contribution in [2.24, 2.45) is 5.92 Å². The maximum absolute atomic E-state index is 14.5. The number of amides is 2. The molecule has 0 saturated carbocycles. The number of ether oxygens (including phenoxy) is 2. The summed E-state index contributed by atoms with van der Waals surface area (Å²) < 4.78 is 81.2. The van der Waals surface area contributed by atoms with Crippen molar-refractivity contribution in [2.45, 2.75) is 56.2 Å². The van der Waals surface area contributed by atoms with Crippen molar-refractivity contribution < 1.29 is 41.0 Å². The van der Waals surface area contributed by atoms with Gasteiger partial charge in [-0.1, -0.05) is 13.0 Å². The number of carbonyl (C=O) groups excluding carboxylic acids is 2. The Hall–Kier alpha value is -3.32. The van der Waals surface area contributed by atoms with Crippen molar-refractivity contribution in [1.29, 1.82) is 0 Å². The van der Waals surface area contributed by atoms with Crippen molar-refractivity contribution >= 4 is 23.3 Å². The van der Waals surface area contributed by atoms with E-state index in [9.17, 15) is 31.5 Å². The van der Waals surface area contributed by atoms with Crippen LogP contribution in [-0.4, -0.2) is 60.4 Å². The smallest absolute Gasteiger partial charge is 0.417 e. The fourth-order valence-corrected chi connectivity index (χ4v) is 5.63. The van der Waals surface area contributed by atoms with Gasteiger partial charge in [0, 0.05) is 41.9 Å². The van der Waals surface area contributed by atoms with Crippen molar-refractivity contribution in [3.63, 3.8) is 0 Å². The minimum absolute atomic E-state index is 0.0947. The number of piperazine rings is 1. The molecule has 13 heteroatoms. The third-order valence-corrected chi connectivity index (χ3v) is 7.84. The zero-order valence-electron chi connectivity index (χ0n) is 20.6. The van der Waals surface area contributed by atoms with Gasteiger partial charge in [0.2, 0.25) is 11.7 Å². The average molecular weight is 540 g/mol. The number of hydrogen-bond donors (Lipinski definition) is 2. The summed E-state index contributed by atoms with van der Waals surface area (Å²) in [5.74, 6) is -6.74. The number of halogens is 5. The molecule has 0 spiro atoms. The second-order valence-electron chi connectivity index (χ2n) is 9.89. The number of alkyl halides is 3. The number of benzene rings is 1. The maximum Gasteiger partial charge on any atom is 0.417 e. The molecule has 3 aliphatic rings. The van der Waals surface area contributed by atoms with Crippen LogP contribution >= 0.6 is 0 Å². The first-order valence-corrected chi connectivity index (χ1v) is 12.0. The zero-order chi connectivity index (χ0) is 27.6. The molecule has 2 aromatic rings. The first kappa shape index (κ1) is 26.3. The molecule has 0 radical (unpaired) electrons. The number of carbonyl (C=O) groups is 2. The lowest BCUT2D eigenvalue weighted by atomic mass is 9.77. The topological polar surface area (TPSA) is 92.8 Å². The third kappa shape index (κ3) is 3.99. The van der Waals surface area contributed by atoms with Crippen LogP contribution in [0.5, 0.6) is 5.75 Å². The van der Waals surface area contributed by atoms with Crippen LogP contribution in [0.3, 0.4) is 0 Å². The average Bonchev–Trinajstić information content (AvgIpc) is 3.53. The van der Waals surface area contributed by atoms with Crippen LogP contribution in [-0.2, 0) is 14.3 Å². The van der Waals surface area contributed by atoms with Gasteiger partial charge in [0.15, 0.2) is 17.2 Å². The monoisotopic (exact) mass is 540 g/mol. The summed E-state index contributed by atoms with van der Waals surface area (Å²) in [5, 5.41) is 5.64. The van der Waals surface area contributed by atoms with Gasteiger partial charge in [0.05, 0.1) is 19.2 Å². The second-order valence-corrected chi connectivity index (χ2v) is 9.89. The Labute approximate surface area is 214 Å². The fraction of sp³-hybridized carbons (Fsp3) is 0.480. The lowest BCUT2D eigenvalue weighted by molar-refractivity contribution is -0.272. The number of nitrogens with zero attached hydrogens (tertiary/aromatic N) is 2. The predicted molar refractivity (Wildman–Crippen MR) is 125 cm³/mol. The lowest BCUT2D eigenvalue weighted by Gasteiger charge is -2.32. The van der Waals surface area contributed by atoms with E-state index in [1.54, 1.807) is 0 Å². The number of aromatic nitrogens is 1. The van der Waals surface area contributed by atoms with Gasteiger partial charge in [-0.25, -0.2) is 9.37 Å². The summed E-state index contributed by atoms with van der Waals surface area (Å²) >= 11 is 0. The van der Waals surface area contributed by atoms with Gasteiger partial charge in [-0.05, 0) is 25.5 Å². The Morgan fingerprint density at radius 2 is 2.03 bits per heavy atom. The summed E-state index contributed by atoms with van der Waals surface area (Å²) in [7, 11) is 1.06. The second kappa shape index (κ2) is 9.16. The number of anilines is 2. The first-order chi connectivity index (χ1) is 17.9. The van der Waals surface area contributed by atoms with Gasteiger partial charge < -0.3 is 20.1 Å². The maximum atomic E-state index is 14.5. The lowest BCUT2D eigenvalue weighted by Crippen LogP contribution is -2.48. The molecule has 8 nitrogen and oxygen atoms in total. The van der Waals surface area contributed by atoms with Crippen LogP contribution in [0, 0.1) is 17.6 Å². The molecular weight excluding hydrogens is 515 g/mol. The number of nitrogens with one attached hydrogen (secondary N) is 2. The van der Waals surface area contributed by atoms with Crippen molar-refractivity contribution in [3.05, 3.63) is 47.7 Å². The molecule has 2 bridgehead atoms. The Morgan fingerprint density at radius 3 is 2.66 bits per heavy atom. The number of methoxy groups -OCH3 is 1. The summed E-state index contributed by atoms with van der Waals surface area (Å²) in [6.07, 6.45) is -4.62. The summed E-state index contributed by atoms with van der Waals surface area (Å²) in [6.45, 7) is 2.64. The largest absolute Gasteiger partial charge is 0.493 e. The highest BCUT2D eigenvalue weighted by atomic mass is 19.4. The highest BCUT2D eigenvalue weighted by Crippen LogP contribution is 2.55. The quantitative estimate of drug-likeness (QED) is 0.564. The number of fused-ring (bicyclic) bond motifs is 2. The van der Waals surface area contributed by atoms with Crippen LogP contribution in [0.15, 0.2) is 30.5 Å². The van der Waals surface area contributed by atoms with Crippen molar-refractivity contribution in [3.8, 4) is 5.75 Å². The highest BCUT2D eigenvalue weighted by molar-refractivity contribution is 6.01. The molecule has 4 heterocycles. The van der Waals surface area contributed by atoms with Crippen LogP contribution in [0.4, 0.5) is 33.5 Å². The molecule has 38 heavy (non-hydrogen) atoms. The molecule has 3 saturated heterocycles. The normalized spacial score (nSPS) is 30.7. The zero-order valence-corrected chi connectivity index (χ0v) is 20.6. The predicted octanol–water partition coefficient (Wildman–Crippen LogP) is 3.52. The highest BCUT2D eigenvalue weighted by Gasteiger charge is 2.66. The van der Waals surface area contributed by atoms with Gasteiger partial charge >= 0.3 is 6.18 Å². The van der Waals surface area contributed by atoms with E-state index in [1.165, 1.54) is 30.2 Å². The Morgan fingerprint density at radius 1 is 1.29 bits per heavy atom. The van der Waals surface area contributed by atoms with Gasteiger partial charge in [0.25, 0.3) is 5.91 Å². The molecule has 2 amide bonds. The van der Waals surface area contributed by atoms with E-state index in [0.717, 1.165) is 26.2 Å². The Balaban J connectivity index is 1.48. The summed E-state index contributed by atoms with van der Waals surface area (Å²) in [6, 6.07) is 4.33. The molecule has 6 atom stereocenters. The van der Waals surface area contributed by atoms with Gasteiger partial charge in [-0.3, -0.25) is 14.5 Å². The van der Waals surface area contributed by atoms with Gasteiger partial charge in [-0.2, -0.15) is 17.6 Å². The molecule has 5 rings (SSSR count). The third-order valence-electron chi connectivity index (χ3n) is 7.84. The standard InChI is InChI=1S/C25H25F5N4O4/c1-11-18(14-4-5-15(26)19(27)20(14)37-3)21(38-24(11,2)25(28,29)30)22(35)33-12-6-7-31-17(8-12)34-13-9-16(23(34)36)32-10-13/h4-8,11,13,16,18,21,32H,9-10H2,1-3H3,(H,31,33,35)/t11-,13-,16-,18-,21+,24+/m0/s1. The van der Waals surface area contributed by atoms with Crippen LogP contribution in [0.1, 0.15) is 31.7 Å². The van der Waals surface area contributed by atoms with Crippen molar-refractivity contribution in [1.82, 2.24) is 10.3 Å². The molecule has 0 unspecified atom stereocenters. The van der Waals surface area contributed by atoms with Crippen LogP contribution in [0.2, 0.25) is 0 Å². The minimum atomic E-state index is -4.88. The van der Waals surface area contributed by atoms with Crippen molar-refractivity contribution in [2.75, 3.05) is 23.9 Å². The Kier molecular flexibility index (Phi) is 6.33. The fourth-order valence-electron chi connectivity index (χ4n) is 5.63. The van der Waals surface area contributed by atoms with Crippen LogP contribution < -0.4 is 20.3 Å². The van der Waals surface area contributed by atoms with Crippen LogP contribution in [0.25, 0.3) is 0 Å². The number of pyridine rings is 1. The van der Waals surface area contributed by atoms with E-state index in [-0.39, 0.29) is 29.2 Å². The first-order valence-electron chi connectivity index (χ1n) is 12.0. The SMILES string of the molecule is COc1c([C@H]2[C@H](C(=O)Nc3ccnc(N4C(=O)[C@@H]5C[C@H]4CN5)c3)O[C@@](C)(C(F)(F)F)[C@H]2C)ccc(F)c1F. The van der Waals surface area contributed by atoms with E-state index >= 15 is 0 Å². The Bertz CT molecular complexity index is 1290. The number of hydrogen-bond acceptors (Lipinski definition) is 6. The molecular formula is C25H25F5N4O4.